The van der Waals surface area contributed by atoms with Gasteiger partial charge >= 0.3 is 0 Å². The lowest BCUT2D eigenvalue weighted by molar-refractivity contribution is -0.868. The molecule has 0 rings (SSSR count). The highest BCUT2D eigenvalue weighted by atomic mass is 16.1. The van der Waals surface area contributed by atoms with Crippen LogP contribution in [0.2, 0.25) is 0 Å². The fourth-order valence-electron chi connectivity index (χ4n) is 0. The number of hydrogen-bond acceptors (Lipinski definition) is 1. The van der Waals surface area contributed by atoms with Crippen LogP contribution in [0.4, 0.5) is 0 Å². The summed E-state index contributed by atoms with van der Waals surface area (Å²) in [6.45, 7) is 6.47. The van der Waals surface area contributed by atoms with Gasteiger partial charge in [0.1, 0.15) is 0 Å². The van der Waals surface area contributed by atoms with Gasteiger partial charge in [0.05, 0.1) is 27.7 Å². The number of nitrogens with two attached hydrogens (primary N) is 1. The van der Waals surface area contributed by atoms with E-state index in [1.165, 1.54) is 6.54 Å². The van der Waals surface area contributed by atoms with Crippen molar-refractivity contribution in [3.05, 3.63) is 12.7 Å². The number of amides is 1. The number of rotatable bonds is 2. The molecular weight excluding hydrogens is 140 g/mol. The summed E-state index contributed by atoms with van der Waals surface area (Å²) in [4.78, 5) is 9.47. The third kappa shape index (κ3) is 27.1. The fourth-order valence-corrected chi connectivity index (χ4v) is 0. The monoisotopic (exact) mass is 159 g/mol. The van der Waals surface area contributed by atoms with Crippen LogP contribution in [-0.4, -0.2) is 38.1 Å². The normalized spacial score (nSPS) is 9.45. The zero-order valence-electron chi connectivity index (χ0n) is 7.92. The molecule has 0 aliphatic heterocycles. The van der Waals surface area contributed by atoms with Crippen LogP contribution in [0.5, 0.6) is 0 Å². The Labute approximate surface area is 69.1 Å². The first-order valence-corrected chi connectivity index (χ1v) is 3.55. The summed E-state index contributed by atoms with van der Waals surface area (Å²) >= 11 is 0. The van der Waals surface area contributed by atoms with Crippen molar-refractivity contribution in [2.45, 2.75) is 6.92 Å². The summed E-state index contributed by atoms with van der Waals surface area (Å²) in [6, 6.07) is 0. The third-order valence-corrected chi connectivity index (χ3v) is 1.15. The smallest absolute Gasteiger partial charge is 0.240 e. The lowest BCUT2D eigenvalue weighted by atomic mass is 10.6. The molecule has 0 radical (unpaired) electrons. The second kappa shape index (κ2) is 5.92. The van der Waals surface area contributed by atoms with Crippen molar-refractivity contribution in [3.8, 4) is 0 Å². The molecule has 0 unspecified atom stereocenters. The SMILES string of the molecule is C=CC(N)=O.CC[N+](C)(C)C. The highest BCUT2D eigenvalue weighted by molar-refractivity contribution is 5.84. The van der Waals surface area contributed by atoms with E-state index >= 15 is 0 Å². The molecule has 0 aliphatic carbocycles. The molecule has 3 heteroatoms. The van der Waals surface area contributed by atoms with Crippen LogP contribution in [0.3, 0.4) is 0 Å². The summed E-state index contributed by atoms with van der Waals surface area (Å²) in [7, 11) is 6.54. The first-order chi connectivity index (χ1) is 4.83. The molecule has 0 fully saturated rings. The van der Waals surface area contributed by atoms with Gasteiger partial charge in [0.2, 0.25) is 5.91 Å². The fraction of sp³-hybridized carbons (Fsp3) is 0.625. The van der Waals surface area contributed by atoms with Crippen molar-refractivity contribution in [1.29, 1.82) is 0 Å². The molecule has 0 aliphatic rings. The van der Waals surface area contributed by atoms with Crippen molar-refractivity contribution in [2.24, 2.45) is 5.73 Å². The molecule has 1 amide bonds. The van der Waals surface area contributed by atoms with E-state index in [1.807, 2.05) is 0 Å². The zero-order chi connectivity index (χ0) is 9.49. The van der Waals surface area contributed by atoms with E-state index in [1.54, 1.807) is 0 Å². The molecule has 3 nitrogen and oxygen atoms in total. The first kappa shape index (κ1) is 12.8. The Hall–Kier alpha value is -0.830. The van der Waals surface area contributed by atoms with Gasteiger partial charge in [-0.25, -0.2) is 0 Å². The molecule has 0 aromatic rings. The van der Waals surface area contributed by atoms with Gasteiger partial charge in [0.25, 0.3) is 0 Å². The second-order valence-corrected chi connectivity index (χ2v) is 3.21. The number of nitrogens with zero attached hydrogens (tertiary/aromatic N) is 1. The summed E-state index contributed by atoms with van der Waals surface area (Å²) in [5.74, 6) is -0.481. The number of carbonyl (C=O) groups excluding carboxylic acids is 1. The summed E-state index contributed by atoms with van der Waals surface area (Å²) in [5, 5.41) is 0. The number of carbonyl (C=O) groups is 1. The molecule has 2 N–H and O–H groups in total. The Balaban J connectivity index is 0. The molecule has 0 saturated heterocycles. The molecule has 66 valence electrons. The van der Waals surface area contributed by atoms with Gasteiger partial charge in [-0.15, -0.1) is 0 Å². The molecule has 0 bridgehead atoms. The van der Waals surface area contributed by atoms with Gasteiger partial charge in [-0.2, -0.15) is 0 Å². The summed E-state index contributed by atoms with van der Waals surface area (Å²) in [5.41, 5.74) is 4.53. The van der Waals surface area contributed by atoms with Gasteiger partial charge in [-0.1, -0.05) is 6.58 Å². The van der Waals surface area contributed by atoms with Crippen molar-refractivity contribution in [1.82, 2.24) is 0 Å². The average Bonchev–Trinajstić information content (AvgIpc) is 1.88. The molecular formula is C8H19N2O+. The lowest BCUT2D eigenvalue weighted by Gasteiger charge is -2.20. The van der Waals surface area contributed by atoms with Crippen LogP contribution in [0.1, 0.15) is 6.92 Å². The van der Waals surface area contributed by atoms with E-state index in [4.69, 9.17) is 0 Å². The van der Waals surface area contributed by atoms with E-state index < -0.39 is 5.91 Å². The van der Waals surface area contributed by atoms with Crippen LogP contribution in [0, 0.1) is 0 Å². The van der Waals surface area contributed by atoms with E-state index in [2.05, 4.69) is 40.4 Å². The first-order valence-electron chi connectivity index (χ1n) is 3.55. The zero-order valence-corrected chi connectivity index (χ0v) is 7.92. The van der Waals surface area contributed by atoms with Crippen LogP contribution < -0.4 is 5.73 Å². The van der Waals surface area contributed by atoms with Gasteiger partial charge in [-0.05, 0) is 13.0 Å². The van der Waals surface area contributed by atoms with Crippen molar-refractivity contribution in [3.63, 3.8) is 0 Å². The summed E-state index contributed by atoms with van der Waals surface area (Å²) in [6.07, 6.45) is 1.06. The Kier molecular flexibility index (Phi) is 6.89. The number of hydrogen-bond donors (Lipinski definition) is 1. The topological polar surface area (TPSA) is 43.1 Å². The van der Waals surface area contributed by atoms with Gasteiger partial charge in [0, 0.05) is 0 Å². The van der Waals surface area contributed by atoms with Crippen molar-refractivity contribution < 1.29 is 9.28 Å². The minimum absolute atomic E-state index is 0.481. The van der Waals surface area contributed by atoms with E-state index in [-0.39, 0.29) is 0 Å². The quantitative estimate of drug-likeness (QED) is 0.459. The molecule has 0 spiro atoms. The predicted octanol–water partition coefficient (Wildman–Crippen LogP) is 0.370. The average molecular weight is 159 g/mol. The van der Waals surface area contributed by atoms with Crippen molar-refractivity contribution >= 4 is 5.91 Å². The molecule has 11 heavy (non-hydrogen) atoms. The minimum Gasteiger partial charge on any atom is -0.366 e. The molecule has 0 saturated carbocycles. The van der Waals surface area contributed by atoms with Crippen LogP contribution in [-0.2, 0) is 4.79 Å². The minimum atomic E-state index is -0.481. The Bertz CT molecular complexity index is 125. The highest BCUT2D eigenvalue weighted by Crippen LogP contribution is 1.83. The highest BCUT2D eigenvalue weighted by Gasteiger charge is 1.97. The van der Waals surface area contributed by atoms with Crippen molar-refractivity contribution in [2.75, 3.05) is 27.7 Å². The molecule has 0 heterocycles. The number of primary amides is 1. The predicted molar refractivity (Wildman–Crippen MR) is 48.0 cm³/mol. The Morgan fingerprint density at radius 1 is 1.55 bits per heavy atom. The van der Waals surface area contributed by atoms with Gasteiger partial charge in [-0.3, -0.25) is 4.79 Å². The second-order valence-electron chi connectivity index (χ2n) is 3.21. The van der Waals surface area contributed by atoms with Crippen LogP contribution in [0.25, 0.3) is 0 Å². The largest absolute Gasteiger partial charge is 0.366 e. The third-order valence-electron chi connectivity index (χ3n) is 1.15. The van der Waals surface area contributed by atoms with E-state index in [9.17, 15) is 4.79 Å². The maximum Gasteiger partial charge on any atom is 0.240 e. The maximum absolute atomic E-state index is 9.47. The number of quaternary nitrogens is 1. The van der Waals surface area contributed by atoms with E-state index in [0.717, 1.165) is 10.6 Å². The molecule has 0 aromatic carbocycles. The standard InChI is InChI=1S/C5H14N.C3H5NO/c1-5-6(2,3)4;1-2-3(4)5/h5H2,1-4H3;2H,1H2,(H2,4,5)/q+1;. The van der Waals surface area contributed by atoms with Crippen LogP contribution >= 0.6 is 0 Å². The summed E-state index contributed by atoms with van der Waals surface area (Å²) < 4.78 is 1.07. The Morgan fingerprint density at radius 2 is 1.73 bits per heavy atom. The molecule has 0 aromatic heterocycles. The van der Waals surface area contributed by atoms with Gasteiger partial charge in [0.15, 0.2) is 0 Å². The van der Waals surface area contributed by atoms with Gasteiger partial charge < -0.3 is 10.2 Å². The Morgan fingerprint density at radius 3 is 1.73 bits per heavy atom. The maximum atomic E-state index is 9.47. The lowest BCUT2D eigenvalue weighted by Crippen LogP contribution is -2.33. The molecule has 0 atom stereocenters. The van der Waals surface area contributed by atoms with E-state index in [0.29, 0.717) is 0 Å². The van der Waals surface area contributed by atoms with Crippen LogP contribution in [0.15, 0.2) is 12.7 Å².